The number of carboxylic acids is 1. The standard InChI is InChI=1S/C23H16ClN9O3.ClH/c24-13-1-2-18(32-11-27-30-31-32)14(8-13)15-9-21(34)33-19(3-4-20(33)28-15)22-26-10-17(29-22)12-5-6-25-16(7-12)23(35)36;/h1-2,5-11,19H,3-4H2,(H,26,29)(H,35,36);1H/t19-;/m0./s1. The lowest BCUT2D eigenvalue weighted by Gasteiger charge is -2.14. The highest BCUT2D eigenvalue weighted by atomic mass is 35.5. The Bertz CT molecular complexity index is 1680. The van der Waals surface area contributed by atoms with Gasteiger partial charge in [0.1, 0.15) is 23.7 Å². The number of benzene rings is 1. The van der Waals surface area contributed by atoms with Gasteiger partial charge in [-0.15, -0.1) is 17.5 Å². The zero-order chi connectivity index (χ0) is 24.8. The zero-order valence-electron chi connectivity index (χ0n) is 18.8. The molecule has 0 aliphatic carbocycles. The first-order chi connectivity index (χ1) is 17.5. The van der Waals surface area contributed by atoms with Gasteiger partial charge in [-0.2, -0.15) is 4.68 Å². The predicted octanol–water partition coefficient (Wildman–Crippen LogP) is 2.98. The van der Waals surface area contributed by atoms with E-state index in [1.54, 1.807) is 35.0 Å². The first kappa shape index (κ1) is 24.3. The van der Waals surface area contributed by atoms with Crippen LogP contribution < -0.4 is 5.56 Å². The molecule has 1 aliphatic rings. The van der Waals surface area contributed by atoms with E-state index < -0.39 is 5.97 Å². The number of rotatable bonds is 5. The Morgan fingerprint density at radius 2 is 2.03 bits per heavy atom. The fraction of sp³-hybridized carbons (Fsp3) is 0.130. The summed E-state index contributed by atoms with van der Waals surface area (Å²) in [4.78, 5) is 40.9. The maximum atomic E-state index is 13.3. The molecular weight excluding hydrogens is 521 g/mol. The molecule has 1 atom stereocenters. The fourth-order valence-electron chi connectivity index (χ4n) is 4.39. The highest BCUT2D eigenvalue weighted by Gasteiger charge is 2.29. The van der Waals surface area contributed by atoms with E-state index in [9.17, 15) is 14.7 Å². The van der Waals surface area contributed by atoms with Crippen LogP contribution in [0.4, 0.5) is 0 Å². The highest BCUT2D eigenvalue weighted by Crippen LogP contribution is 2.32. The monoisotopic (exact) mass is 537 g/mol. The number of imidazole rings is 1. The van der Waals surface area contributed by atoms with Crippen LogP contribution in [-0.2, 0) is 6.42 Å². The molecule has 4 aromatic heterocycles. The molecule has 0 radical (unpaired) electrons. The van der Waals surface area contributed by atoms with Crippen LogP contribution in [0.5, 0.6) is 0 Å². The Labute approximate surface area is 219 Å². The van der Waals surface area contributed by atoms with Gasteiger partial charge in [-0.05, 0) is 47.2 Å². The van der Waals surface area contributed by atoms with Crippen LogP contribution in [-0.4, -0.2) is 55.8 Å². The van der Waals surface area contributed by atoms with Gasteiger partial charge >= 0.3 is 5.97 Å². The molecule has 12 nitrogen and oxygen atoms in total. The van der Waals surface area contributed by atoms with E-state index >= 15 is 0 Å². The van der Waals surface area contributed by atoms with Crippen LogP contribution in [0.3, 0.4) is 0 Å². The predicted molar refractivity (Wildman–Crippen MR) is 134 cm³/mol. The van der Waals surface area contributed by atoms with Crippen molar-refractivity contribution in [1.82, 2.24) is 44.7 Å². The second-order valence-corrected chi connectivity index (χ2v) is 8.59. The summed E-state index contributed by atoms with van der Waals surface area (Å²) in [6.07, 6.45) is 5.71. The van der Waals surface area contributed by atoms with Gasteiger partial charge in [0.2, 0.25) is 0 Å². The molecule has 186 valence electrons. The molecule has 0 spiro atoms. The number of nitrogens with zero attached hydrogens (tertiary/aromatic N) is 8. The summed E-state index contributed by atoms with van der Waals surface area (Å²) < 4.78 is 3.11. The third-order valence-electron chi connectivity index (χ3n) is 6.01. The van der Waals surface area contributed by atoms with Gasteiger partial charge in [-0.3, -0.25) is 9.36 Å². The topological polar surface area (TPSA) is 157 Å². The number of aromatic amines is 1. The molecule has 0 bridgehead atoms. The average molecular weight is 538 g/mol. The van der Waals surface area contributed by atoms with Gasteiger partial charge in [0.05, 0.1) is 29.3 Å². The highest BCUT2D eigenvalue weighted by molar-refractivity contribution is 6.31. The second-order valence-electron chi connectivity index (χ2n) is 8.15. The number of aromatic nitrogens is 9. The van der Waals surface area contributed by atoms with Crippen molar-refractivity contribution in [1.29, 1.82) is 0 Å². The summed E-state index contributed by atoms with van der Waals surface area (Å²) in [5.74, 6) is 0.101. The van der Waals surface area contributed by atoms with Gasteiger partial charge < -0.3 is 10.1 Å². The van der Waals surface area contributed by atoms with Crippen LogP contribution in [0.2, 0.25) is 5.02 Å². The smallest absolute Gasteiger partial charge is 0.354 e. The van der Waals surface area contributed by atoms with E-state index in [2.05, 4.69) is 30.5 Å². The minimum absolute atomic E-state index is 0. The van der Waals surface area contributed by atoms with Crippen LogP contribution in [0, 0.1) is 0 Å². The molecule has 5 heterocycles. The SMILES string of the molecule is Cl.O=C(O)c1cc(-c2cnc([C@@H]3CCc4nc(-c5cc(Cl)ccc5-n5cnnn5)cc(=O)n43)[nH]2)ccn1. The van der Waals surface area contributed by atoms with Crippen molar-refractivity contribution < 1.29 is 9.90 Å². The maximum Gasteiger partial charge on any atom is 0.354 e. The lowest BCUT2D eigenvalue weighted by Crippen LogP contribution is -2.25. The number of pyridine rings is 1. The van der Waals surface area contributed by atoms with E-state index in [1.807, 2.05) is 0 Å². The third kappa shape index (κ3) is 4.36. The maximum absolute atomic E-state index is 13.3. The zero-order valence-corrected chi connectivity index (χ0v) is 20.4. The van der Waals surface area contributed by atoms with Crippen molar-refractivity contribution in [3.05, 3.63) is 87.8 Å². The molecule has 0 saturated carbocycles. The Morgan fingerprint density at radius 3 is 2.81 bits per heavy atom. The van der Waals surface area contributed by atoms with Crippen molar-refractivity contribution >= 4 is 30.0 Å². The number of nitrogens with one attached hydrogen (secondary N) is 1. The van der Waals surface area contributed by atoms with Crippen LogP contribution >= 0.6 is 24.0 Å². The van der Waals surface area contributed by atoms with Crippen molar-refractivity contribution in [2.75, 3.05) is 0 Å². The Kier molecular flexibility index (Phi) is 6.27. The van der Waals surface area contributed by atoms with E-state index in [0.29, 0.717) is 57.7 Å². The number of carbonyl (C=O) groups is 1. The normalized spacial score (nSPS) is 14.2. The minimum Gasteiger partial charge on any atom is -0.477 e. The third-order valence-corrected chi connectivity index (χ3v) is 6.24. The second kappa shape index (κ2) is 9.56. The van der Waals surface area contributed by atoms with Crippen molar-refractivity contribution in [3.8, 4) is 28.2 Å². The summed E-state index contributed by atoms with van der Waals surface area (Å²) in [6, 6.07) is 9.50. The molecule has 0 saturated heterocycles. The Balaban J connectivity index is 0.00000280. The quantitative estimate of drug-likeness (QED) is 0.343. The van der Waals surface area contributed by atoms with Gasteiger partial charge in [0.25, 0.3) is 5.56 Å². The average Bonchev–Trinajstić information content (AvgIpc) is 3.64. The first-order valence-corrected chi connectivity index (χ1v) is 11.3. The number of hydrogen-bond donors (Lipinski definition) is 2. The van der Waals surface area contributed by atoms with Gasteiger partial charge in [-0.25, -0.2) is 19.7 Å². The molecule has 0 fully saturated rings. The molecule has 5 aromatic rings. The van der Waals surface area contributed by atoms with E-state index in [1.165, 1.54) is 29.3 Å². The van der Waals surface area contributed by atoms with E-state index in [-0.39, 0.29) is 29.7 Å². The molecule has 1 aromatic carbocycles. The number of tetrazole rings is 1. The number of aromatic carboxylic acids is 1. The largest absolute Gasteiger partial charge is 0.477 e. The molecule has 6 rings (SSSR count). The molecule has 1 aliphatic heterocycles. The summed E-state index contributed by atoms with van der Waals surface area (Å²) in [6.45, 7) is 0. The van der Waals surface area contributed by atoms with Crippen molar-refractivity contribution in [3.63, 3.8) is 0 Å². The number of fused-ring (bicyclic) bond motifs is 1. The van der Waals surface area contributed by atoms with Crippen molar-refractivity contribution in [2.24, 2.45) is 0 Å². The molecule has 0 unspecified atom stereocenters. The molecule has 37 heavy (non-hydrogen) atoms. The number of H-pyrrole nitrogens is 1. The number of aryl methyl sites for hydroxylation is 1. The summed E-state index contributed by atoms with van der Waals surface area (Å²) >= 11 is 6.25. The number of carboxylic acid groups (broad SMARTS) is 1. The van der Waals surface area contributed by atoms with Crippen LogP contribution in [0.25, 0.3) is 28.2 Å². The molecule has 14 heteroatoms. The molecular formula is C23H17Cl2N9O3. The molecule has 2 N–H and O–H groups in total. The summed E-state index contributed by atoms with van der Waals surface area (Å²) in [5.41, 5.74) is 2.72. The number of halogens is 2. The van der Waals surface area contributed by atoms with Gasteiger partial charge in [-0.1, -0.05) is 11.6 Å². The summed E-state index contributed by atoms with van der Waals surface area (Å²) in [7, 11) is 0. The van der Waals surface area contributed by atoms with E-state index in [4.69, 9.17) is 16.6 Å². The fourth-order valence-corrected chi connectivity index (χ4v) is 4.57. The van der Waals surface area contributed by atoms with Crippen LogP contribution in [0.1, 0.15) is 34.6 Å². The molecule has 0 amide bonds. The van der Waals surface area contributed by atoms with E-state index in [0.717, 1.165) is 0 Å². The first-order valence-electron chi connectivity index (χ1n) is 10.9. The summed E-state index contributed by atoms with van der Waals surface area (Å²) in [5, 5.41) is 21.0. The van der Waals surface area contributed by atoms with Crippen molar-refractivity contribution in [2.45, 2.75) is 18.9 Å². The van der Waals surface area contributed by atoms with Gasteiger partial charge in [0.15, 0.2) is 0 Å². The Hall–Kier alpha value is -4.42. The lowest BCUT2D eigenvalue weighted by atomic mass is 10.1. The Morgan fingerprint density at radius 1 is 1.16 bits per heavy atom. The van der Waals surface area contributed by atoms with Crippen LogP contribution in [0.15, 0.2) is 59.9 Å². The number of hydrogen-bond acceptors (Lipinski definition) is 8. The van der Waals surface area contributed by atoms with Gasteiger partial charge in [0, 0.05) is 34.8 Å². The minimum atomic E-state index is -1.11. The lowest BCUT2D eigenvalue weighted by molar-refractivity contribution is 0.0690.